The van der Waals surface area contributed by atoms with Crippen LogP contribution in [0.4, 0.5) is 11.4 Å². The largest absolute Gasteiger partial charge is 0.497 e. The number of aliphatic imine (C=N–C) groups is 1. The van der Waals surface area contributed by atoms with E-state index in [4.69, 9.17) is 9.73 Å². The van der Waals surface area contributed by atoms with Crippen molar-refractivity contribution in [2.24, 2.45) is 4.99 Å². The lowest BCUT2D eigenvalue weighted by atomic mass is 9.98. The zero-order chi connectivity index (χ0) is 21.8. The predicted octanol–water partition coefficient (Wildman–Crippen LogP) is 6.39. The molecule has 1 atom stereocenters. The van der Waals surface area contributed by atoms with Crippen molar-refractivity contribution in [1.29, 1.82) is 0 Å². The lowest BCUT2D eigenvalue weighted by molar-refractivity contribution is 0.415. The number of methoxy groups -OCH3 is 1. The Morgan fingerprint density at radius 1 is 0.750 bits per heavy atom. The van der Waals surface area contributed by atoms with Crippen LogP contribution in [0.1, 0.15) is 22.7 Å². The van der Waals surface area contributed by atoms with Gasteiger partial charge in [-0.05, 0) is 42.5 Å². The molecule has 1 heterocycles. The molecule has 5 rings (SSSR count). The smallest absolute Gasteiger partial charge is 0.142 e. The van der Waals surface area contributed by atoms with Gasteiger partial charge in [-0.25, -0.2) is 4.99 Å². The number of fused-ring (bicyclic) bond motifs is 1. The van der Waals surface area contributed by atoms with Gasteiger partial charge in [-0.3, -0.25) is 0 Å². The summed E-state index contributed by atoms with van der Waals surface area (Å²) >= 11 is 0. The van der Waals surface area contributed by atoms with Crippen LogP contribution in [0.2, 0.25) is 0 Å². The number of ether oxygens (including phenoxy) is 1. The van der Waals surface area contributed by atoms with Gasteiger partial charge in [-0.1, -0.05) is 78.6 Å². The molecule has 3 nitrogen and oxygen atoms in total. The second-order valence-electron chi connectivity index (χ2n) is 7.47. The summed E-state index contributed by atoms with van der Waals surface area (Å²) in [7, 11) is 1.67. The third-order valence-corrected chi connectivity index (χ3v) is 5.45. The summed E-state index contributed by atoms with van der Waals surface area (Å²) < 4.78 is 5.28. The van der Waals surface area contributed by atoms with Crippen molar-refractivity contribution in [2.45, 2.75) is 6.04 Å². The van der Waals surface area contributed by atoms with E-state index in [0.717, 1.165) is 39.7 Å². The molecule has 0 fully saturated rings. The van der Waals surface area contributed by atoms with Crippen molar-refractivity contribution >= 4 is 17.2 Å². The van der Waals surface area contributed by atoms with Gasteiger partial charge >= 0.3 is 0 Å². The van der Waals surface area contributed by atoms with Crippen LogP contribution in [0.15, 0.2) is 114 Å². The number of para-hydroxylation sites is 2. The molecular weight excluding hydrogens is 392 g/mol. The van der Waals surface area contributed by atoms with Crippen LogP contribution in [-0.2, 0) is 0 Å². The summed E-state index contributed by atoms with van der Waals surface area (Å²) in [6.45, 7) is 0. The number of benzene rings is 4. The van der Waals surface area contributed by atoms with E-state index in [1.807, 2.05) is 72.8 Å². The Balaban J connectivity index is 1.67. The fourth-order valence-electron chi connectivity index (χ4n) is 3.87. The first kappa shape index (κ1) is 19.7. The van der Waals surface area contributed by atoms with E-state index < -0.39 is 0 Å². The summed E-state index contributed by atoms with van der Waals surface area (Å²) in [5, 5.41) is 0. The lowest BCUT2D eigenvalue weighted by Gasteiger charge is -2.36. The van der Waals surface area contributed by atoms with Gasteiger partial charge in [0.25, 0.3) is 0 Å². The lowest BCUT2D eigenvalue weighted by Crippen LogP contribution is -2.37. The molecule has 1 aliphatic rings. The van der Waals surface area contributed by atoms with Crippen LogP contribution in [0.5, 0.6) is 5.75 Å². The van der Waals surface area contributed by atoms with E-state index in [2.05, 4.69) is 53.1 Å². The summed E-state index contributed by atoms with van der Waals surface area (Å²) in [5.74, 6) is 8.63. The highest BCUT2D eigenvalue weighted by Crippen LogP contribution is 2.38. The summed E-state index contributed by atoms with van der Waals surface area (Å²) in [6, 6.07) is 36.5. The monoisotopic (exact) mass is 414 g/mol. The minimum absolute atomic E-state index is 0.177. The van der Waals surface area contributed by atoms with Crippen molar-refractivity contribution in [1.82, 2.24) is 0 Å². The van der Waals surface area contributed by atoms with Crippen LogP contribution < -0.4 is 9.64 Å². The van der Waals surface area contributed by atoms with Crippen molar-refractivity contribution in [3.8, 4) is 17.6 Å². The number of anilines is 1. The molecule has 0 spiro atoms. The highest BCUT2D eigenvalue weighted by Gasteiger charge is 2.30. The molecule has 0 radical (unpaired) electrons. The van der Waals surface area contributed by atoms with Crippen molar-refractivity contribution in [3.05, 3.63) is 126 Å². The first-order valence-corrected chi connectivity index (χ1v) is 10.6. The highest BCUT2D eigenvalue weighted by atomic mass is 16.5. The molecule has 0 saturated carbocycles. The number of rotatable bonds is 3. The zero-order valence-corrected chi connectivity index (χ0v) is 17.8. The molecular formula is C29H22N2O. The molecule has 3 heteroatoms. The molecule has 0 amide bonds. The fourth-order valence-corrected chi connectivity index (χ4v) is 3.87. The number of amidine groups is 1. The molecule has 4 aromatic carbocycles. The molecule has 0 aliphatic carbocycles. The summed E-state index contributed by atoms with van der Waals surface area (Å²) in [6.07, 6.45) is 0. The number of nitrogens with zero attached hydrogens (tertiary/aromatic N) is 2. The van der Waals surface area contributed by atoms with Gasteiger partial charge in [0.05, 0.1) is 12.8 Å². The quantitative estimate of drug-likeness (QED) is 0.363. The maximum Gasteiger partial charge on any atom is 0.142 e. The van der Waals surface area contributed by atoms with Crippen LogP contribution >= 0.6 is 0 Å². The van der Waals surface area contributed by atoms with E-state index in [1.54, 1.807) is 7.11 Å². The summed E-state index contributed by atoms with van der Waals surface area (Å²) in [4.78, 5) is 7.29. The highest BCUT2D eigenvalue weighted by molar-refractivity contribution is 6.13. The topological polar surface area (TPSA) is 24.8 Å². The van der Waals surface area contributed by atoms with Gasteiger partial charge in [0.1, 0.15) is 17.6 Å². The van der Waals surface area contributed by atoms with Gasteiger partial charge in [0.15, 0.2) is 0 Å². The van der Waals surface area contributed by atoms with Gasteiger partial charge in [-0.15, -0.1) is 0 Å². The molecule has 1 aliphatic heterocycles. The normalized spacial score (nSPS) is 14.6. The van der Waals surface area contributed by atoms with Gasteiger partial charge < -0.3 is 9.64 Å². The van der Waals surface area contributed by atoms with Crippen molar-refractivity contribution in [2.75, 3.05) is 12.0 Å². The first-order valence-electron chi connectivity index (χ1n) is 10.6. The Labute approximate surface area is 188 Å². The zero-order valence-electron chi connectivity index (χ0n) is 17.8. The SMILES string of the molecule is COc1ccc(C#CC2c3ccccc3N=C(c3ccccc3)N2c2ccccc2)cc1. The van der Waals surface area contributed by atoms with Crippen LogP contribution in [0, 0.1) is 11.8 Å². The predicted molar refractivity (Wildman–Crippen MR) is 131 cm³/mol. The van der Waals surface area contributed by atoms with Gasteiger partial charge in [0.2, 0.25) is 0 Å². The van der Waals surface area contributed by atoms with E-state index in [-0.39, 0.29) is 6.04 Å². The molecule has 0 N–H and O–H groups in total. The number of hydrogen-bond acceptors (Lipinski definition) is 3. The Kier molecular flexibility index (Phi) is 5.43. The first-order chi connectivity index (χ1) is 15.8. The second-order valence-corrected chi connectivity index (χ2v) is 7.47. The minimum atomic E-state index is -0.177. The van der Waals surface area contributed by atoms with Gasteiger partial charge in [-0.2, -0.15) is 0 Å². The molecule has 0 aromatic heterocycles. The Hall–Kier alpha value is -4.29. The molecule has 0 saturated heterocycles. The van der Waals surface area contributed by atoms with E-state index in [0.29, 0.717) is 0 Å². The molecule has 0 bridgehead atoms. The van der Waals surface area contributed by atoms with E-state index in [1.165, 1.54) is 0 Å². The van der Waals surface area contributed by atoms with E-state index >= 15 is 0 Å². The number of hydrogen-bond donors (Lipinski definition) is 0. The molecule has 4 aromatic rings. The minimum Gasteiger partial charge on any atom is -0.497 e. The second kappa shape index (κ2) is 8.83. The van der Waals surface area contributed by atoms with Gasteiger partial charge in [0, 0.05) is 22.4 Å². The Bertz CT molecular complexity index is 1300. The molecule has 154 valence electrons. The third-order valence-electron chi connectivity index (χ3n) is 5.45. The average Bonchev–Trinajstić information content (AvgIpc) is 2.88. The van der Waals surface area contributed by atoms with Crippen LogP contribution in [0.3, 0.4) is 0 Å². The molecule has 32 heavy (non-hydrogen) atoms. The fraction of sp³-hybridized carbons (Fsp3) is 0.0690. The molecule has 1 unspecified atom stereocenters. The average molecular weight is 415 g/mol. The van der Waals surface area contributed by atoms with Crippen LogP contribution in [-0.4, -0.2) is 12.9 Å². The summed E-state index contributed by atoms with van der Waals surface area (Å²) in [5.41, 5.74) is 5.10. The Morgan fingerprint density at radius 2 is 1.41 bits per heavy atom. The Morgan fingerprint density at radius 3 is 2.12 bits per heavy atom. The third kappa shape index (κ3) is 3.87. The van der Waals surface area contributed by atoms with Crippen molar-refractivity contribution in [3.63, 3.8) is 0 Å². The standard InChI is InChI=1S/C29H22N2O/c1-32-25-19-16-22(17-20-25)18-21-28-26-14-8-9-15-27(26)30-29(23-10-4-2-5-11-23)31(28)24-12-6-3-7-13-24/h2-17,19-20,28H,1H3. The van der Waals surface area contributed by atoms with Crippen molar-refractivity contribution < 1.29 is 4.74 Å². The maximum absolute atomic E-state index is 5.28. The van der Waals surface area contributed by atoms with Crippen LogP contribution in [0.25, 0.3) is 0 Å². The van der Waals surface area contributed by atoms with E-state index in [9.17, 15) is 0 Å². The maximum atomic E-state index is 5.28.